The number of carbonyl (C=O) groups is 2. The zero-order chi connectivity index (χ0) is 20.8. The Hall–Kier alpha value is -1.87. The number of benzene rings is 1. The van der Waals surface area contributed by atoms with Gasteiger partial charge in [-0.1, -0.05) is 11.6 Å². The molecule has 1 aromatic rings. The standard InChI is InChI=1S/C20H29ClN4O4/c1-15-11-17(18(28-2)12-16(15)21)22-19(26)13-23-3-5-25(6-4-23)20(27)14-24-7-9-29-10-8-24/h11-12H,3-10,13-14H2,1-2H3,(H,22,26). The van der Waals surface area contributed by atoms with E-state index in [0.29, 0.717) is 62.4 Å². The van der Waals surface area contributed by atoms with Crippen molar-refractivity contribution in [3.63, 3.8) is 0 Å². The first-order valence-electron chi connectivity index (χ1n) is 9.90. The van der Waals surface area contributed by atoms with Crippen molar-refractivity contribution in [3.8, 4) is 5.75 Å². The number of ether oxygens (including phenoxy) is 2. The average molecular weight is 425 g/mol. The minimum Gasteiger partial charge on any atom is -0.495 e. The molecule has 2 aliphatic rings. The van der Waals surface area contributed by atoms with Gasteiger partial charge in [-0.3, -0.25) is 19.4 Å². The van der Waals surface area contributed by atoms with Gasteiger partial charge >= 0.3 is 0 Å². The Kier molecular flexibility index (Phi) is 7.71. The summed E-state index contributed by atoms with van der Waals surface area (Å²) in [5, 5.41) is 3.50. The summed E-state index contributed by atoms with van der Waals surface area (Å²) in [6.07, 6.45) is 0. The van der Waals surface area contributed by atoms with Crippen LogP contribution in [0.4, 0.5) is 5.69 Å². The summed E-state index contributed by atoms with van der Waals surface area (Å²) in [7, 11) is 1.55. The molecule has 1 aromatic carbocycles. The summed E-state index contributed by atoms with van der Waals surface area (Å²) in [6.45, 7) is 8.22. The van der Waals surface area contributed by atoms with Crippen molar-refractivity contribution in [2.75, 3.05) is 78.0 Å². The van der Waals surface area contributed by atoms with Crippen LogP contribution in [0.5, 0.6) is 5.75 Å². The Bertz CT molecular complexity index is 731. The minimum atomic E-state index is -0.113. The van der Waals surface area contributed by atoms with E-state index >= 15 is 0 Å². The lowest BCUT2D eigenvalue weighted by Crippen LogP contribution is -2.53. The van der Waals surface area contributed by atoms with Gasteiger partial charge in [-0.05, 0) is 18.6 Å². The van der Waals surface area contributed by atoms with Crippen molar-refractivity contribution in [2.24, 2.45) is 0 Å². The van der Waals surface area contributed by atoms with Gasteiger partial charge in [-0.25, -0.2) is 0 Å². The number of methoxy groups -OCH3 is 1. The van der Waals surface area contributed by atoms with Crippen LogP contribution in [0, 0.1) is 6.92 Å². The van der Waals surface area contributed by atoms with Gasteiger partial charge in [0.05, 0.1) is 39.1 Å². The summed E-state index contributed by atoms with van der Waals surface area (Å²) in [6, 6.07) is 3.51. The van der Waals surface area contributed by atoms with Crippen molar-refractivity contribution < 1.29 is 19.1 Å². The molecule has 0 saturated carbocycles. The van der Waals surface area contributed by atoms with Crippen LogP contribution in [0.25, 0.3) is 0 Å². The summed E-state index contributed by atoms with van der Waals surface area (Å²) >= 11 is 6.12. The molecule has 160 valence electrons. The highest BCUT2D eigenvalue weighted by Gasteiger charge is 2.24. The third-order valence-electron chi connectivity index (χ3n) is 5.31. The molecule has 29 heavy (non-hydrogen) atoms. The smallest absolute Gasteiger partial charge is 0.238 e. The molecule has 2 amide bonds. The highest BCUT2D eigenvalue weighted by atomic mass is 35.5. The quantitative estimate of drug-likeness (QED) is 0.736. The Morgan fingerprint density at radius 1 is 1.07 bits per heavy atom. The molecule has 0 spiro atoms. The van der Waals surface area contributed by atoms with E-state index in [1.165, 1.54) is 0 Å². The van der Waals surface area contributed by atoms with Gasteiger partial charge in [-0.15, -0.1) is 0 Å². The van der Waals surface area contributed by atoms with Crippen molar-refractivity contribution in [3.05, 3.63) is 22.7 Å². The highest BCUT2D eigenvalue weighted by Crippen LogP contribution is 2.30. The number of halogens is 1. The molecule has 2 saturated heterocycles. The summed E-state index contributed by atoms with van der Waals surface area (Å²) < 4.78 is 10.6. The number of aryl methyl sites for hydroxylation is 1. The van der Waals surface area contributed by atoms with Crippen molar-refractivity contribution in [1.82, 2.24) is 14.7 Å². The molecular weight excluding hydrogens is 396 g/mol. The largest absolute Gasteiger partial charge is 0.495 e. The fourth-order valence-corrected chi connectivity index (χ4v) is 3.68. The first-order chi connectivity index (χ1) is 14.0. The molecule has 2 aliphatic heterocycles. The molecule has 1 N–H and O–H groups in total. The van der Waals surface area contributed by atoms with E-state index in [2.05, 4.69) is 15.1 Å². The van der Waals surface area contributed by atoms with Crippen molar-refractivity contribution in [1.29, 1.82) is 0 Å². The van der Waals surface area contributed by atoms with E-state index in [0.717, 1.165) is 18.7 Å². The number of nitrogens with one attached hydrogen (secondary N) is 1. The zero-order valence-corrected chi connectivity index (χ0v) is 17.8. The van der Waals surface area contributed by atoms with E-state index in [-0.39, 0.29) is 18.4 Å². The summed E-state index contributed by atoms with van der Waals surface area (Å²) in [5.74, 6) is 0.572. The summed E-state index contributed by atoms with van der Waals surface area (Å²) in [4.78, 5) is 31.0. The second-order valence-corrected chi connectivity index (χ2v) is 7.80. The van der Waals surface area contributed by atoms with E-state index in [9.17, 15) is 9.59 Å². The number of rotatable bonds is 6. The molecule has 9 heteroatoms. The minimum absolute atomic E-state index is 0.113. The molecule has 0 aromatic heterocycles. The Balaban J connectivity index is 1.45. The summed E-state index contributed by atoms with van der Waals surface area (Å²) in [5.41, 5.74) is 1.48. The van der Waals surface area contributed by atoms with Crippen LogP contribution in [0.2, 0.25) is 5.02 Å². The first kappa shape index (κ1) is 21.8. The maximum Gasteiger partial charge on any atom is 0.238 e. The Morgan fingerprint density at radius 3 is 2.38 bits per heavy atom. The molecule has 8 nitrogen and oxygen atoms in total. The lowest BCUT2D eigenvalue weighted by molar-refractivity contribution is -0.135. The predicted molar refractivity (Wildman–Crippen MR) is 112 cm³/mol. The molecule has 0 aliphatic carbocycles. The van der Waals surface area contributed by atoms with Gasteiger partial charge in [0.2, 0.25) is 11.8 Å². The van der Waals surface area contributed by atoms with E-state index in [1.807, 2.05) is 11.8 Å². The van der Waals surface area contributed by atoms with Crippen LogP contribution in [0.15, 0.2) is 12.1 Å². The van der Waals surface area contributed by atoms with Crippen LogP contribution < -0.4 is 10.1 Å². The third kappa shape index (κ3) is 6.05. The van der Waals surface area contributed by atoms with Crippen LogP contribution >= 0.6 is 11.6 Å². The van der Waals surface area contributed by atoms with E-state index in [1.54, 1.807) is 19.2 Å². The lowest BCUT2D eigenvalue weighted by atomic mass is 10.2. The predicted octanol–water partition coefficient (Wildman–Crippen LogP) is 1.07. The number of amides is 2. The lowest BCUT2D eigenvalue weighted by Gasteiger charge is -2.36. The van der Waals surface area contributed by atoms with Crippen LogP contribution in [-0.4, -0.2) is 99.2 Å². The number of carbonyl (C=O) groups excluding carboxylic acids is 2. The number of nitrogens with zero attached hydrogens (tertiary/aromatic N) is 3. The molecule has 0 unspecified atom stereocenters. The molecule has 3 rings (SSSR count). The van der Waals surface area contributed by atoms with Gasteiger partial charge in [0.1, 0.15) is 5.75 Å². The van der Waals surface area contributed by atoms with Crippen LogP contribution in [0.3, 0.4) is 0 Å². The van der Waals surface area contributed by atoms with E-state index in [4.69, 9.17) is 21.1 Å². The fraction of sp³-hybridized carbons (Fsp3) is 0.600. The Morgan fingerprint density at radius 2 is 1.72 bits per heavy atom. The number of hydrogen-bond donors (Lipinski definition) is 1. The molecule has 2 fully saturated rings. The highest BCUT2D eigenvalue weighted by molar-refractivity contribution is 6.31. The Labute approximate surface area is 176 Å². The van der Waals surface area contributed by atoms with Gasteiger partial charge in [0, 0.05) is 50.4 Å². The number of anilines is 1. The second kappa shape index (κ2) is 10.2. The first-order valence-corrected chi connectivity index (χ1v) is 10.3. The molecule has 0 radical (unpaired) electrons. The SMILES string of the molecule is COc1cc(Cl)c(C)cc1NC(=O)CN1CCN(C(=O)CN2CCOCC2)CC1. The maximum absolute atomic E-state index is 12.5. The van der Waals surface area contributed by atoms with Crippen molar-refractivity contribution >= 4 is 29.1 Å². The third-order valence-corrected chi connectivity index (χ3v) is 5.72. The molecular formula is C20H29ClN4O4. The van der Waals surface area contributed by atoms with Gasteiger partial charge < -0.3 is 19.7 Å². The normalized spacial score (nSPS) is 18.5. The monoisotopic (exact) mass is 424 g/mol. The maximum atomic E-state index is 12.5. The van der Waals surface area contributed by atoms with Crippen LogP contribution in [0.1, 0.15) is 5.56 Å². The second-order valence-electron chi connectivity index (χ2n) is 7.40. The van der Waals surface area contributed by atoms with Crippen LogP contribution in [-0.2, 0) is 14.3 Å². The topological polar surface area (TPSA) is 74.4 Å². The van der Waals surface area contributed by atoms with Gasteiger partial charge in [0.25, 0.3) is 0 Å². The molecule has 0 bridgehead atoms. The molecule has 2 heterocycles. The number of morpholine rings is 1. The van der Waals surface area contributed by atoms with E-state index < -0.39 is 0 Å². The van der Waals surface area contributed by atoms with Gasteiger partial charge in [0.15, 0.2) is 0 Å². The van der Waals surface area contributed by atoms with Crippen molar-refractivity contribution in [2.45, 2.75) is 6.92 Å². The zero-order valence-electron chi connectivity index (χ0n) is 17.1. The average Bonchev–Trinajstić information content (AvgIpc) is 2.71. The molecule has 0 atom stereocenters. The fourth-order valence-electron chi connectivity index (χ4n) is 3.53. The number of piperazine rings is 1. The number of hydrogen-bond acceptors (Lipinski definition) is 6. The van der Waals surface area contributed by atoms with Gasteiger partial charge in [-0.2, -0.15) is 0 Å².